The Balaban J connectivity index is 1.53. The Morgan fingerprint density at radius 2 is 2.07 bits per heavy atom. The van der Waals surface area contributed by atoms with Crippen molar-refractivity contribution in [1.29, 1.82) is 0 Å². The molecule has 4 heteroatoms. The van der Waals surface area contributed by atoms with Crippen LogP contribution in [-0.2, 0) is 9.53 Å². The molecule has 0 aliphatic heterocycles. The van der Waals surface area contributed by atoms with Crippen molar-refractivity contribution < 1.29 is 9.53 Å². The summed E-state index contributed by atoms with van der Waals surface area (Å²) in [5.74, 6) is -0.0162. The SMILES string of the molecule is NC1(C(=O)NCCOC2CCCC2)CC1. The van der Waals surface area contributed by atoms with E-state index in [0.717, 1.165) is 12.8 Å². The number of amides is 1. The molecule has 2 aliphatic rings. The van der Waals surface area contributed by atoms with E-state index >= 15 is 0 Å². The van der Waals surface area contributed by atoms with Gasteiger partial charge in [0.15, 0.2) is 0 Å². The number of rotatable bonds is 5. The second kappa shape index (κ2) is 4.49. The second-order valence-corrected chi connectivity index (χ2v) is 4.69. The van der Waals surface area contributed by atoms with E-state index in [0.29, 0.717) is 19.3 Å². The third kappa shape index (κ3) is 2.92. The van der Waals surface area contributed by atoms with Crippen LogP contribution in [0.2, 0.25) is 0 Å². The quantitative estimate of drug-likeness (QED) is 0.654. The molecule has 86 valence electrons. The van der Waals surface area contributed by atoms with E-state index in [4.69, 9.17) is 10.5 Å². The summed E-state index contributed by atoms with van der Waals surface area (Å²) in [4.78, 5) is 11.4. The molecular weight excluding hydrogens is 192 g/mol. The predicted octanol–water partition coefficient (Wildman–Crippen LogP) is 0.553. The molecule has 4 nitrogen and oxygen atoms in total. The summed E-state index contributed by atoms with van der Waals surface area (Å²) in [5.41, 5.74) is 5.19. The minimum Gasteiger partial charge on any atom is -0.376 e. The van der Waals surface area contributed by atoms with E-state index in [-0.39, 0.29) is 5.91 Å². The molecule has 0 heterocycles. The van der Waals surface area contributed by atoms with Gasteiger partial charge in [0.05, 0.1) is 18.2 Å². The first-order valence-corrected chi connectivity index (χ1v) is 5.89. The van der Waals surface area contributed by atoms with E-state index in [1.54, 1.807) is 0 Å². The van der Waals surface area contributed by atoms with Crippen molar-refractivity contribution >= 4 is 5.91 Å². The van der Waals surface area contributed by atoms with Crippen LogP contribution in [0.3, 0.4) is 0 Å². The Morgan fingerprint density at radius 1 is 1.40 bits per heavy atom. The van der Waals surface area contributed by atoms with Crippen LogP contribution >= 0.6 is 0 Å². The molecule has 0 aromatic carbocycles. The molecule has 0 spiro atoms. The standard InChI is InChI=1S/C11H20N2O2/c12-11(5-6-11)10(14)13-7-8-15-9-3-1-2-4-9/h9H,1-8,12H2,(H,13,14). The maximum Gasteiger partial charge on any atom is 0.240 e. The minimum absolute atomic E-state index is 0.0162. The summed E-state index contributed by atoms with van der Waals surface area (Å²) in [6.07, 6.45) is 6.98. The van der Waals surface area contributed by atoms with Crippen molar-refractivity contribution in [2.24, 2.45) is 5.73 Å². The lowest BCUT2D eigenvalue weighted by atomic mass is 10.3. The molecule has 2 saturated carbocycles. The highest BCUT2D eigenvalue weighted by molar-refractivity contribution is 5.88. The van der Waals surface area contributed by atoms with Crippen LogP contribution in [0, 0.1) is 0 Å². The maximum atomic E-state index is 11.4. The fraction of sp³-hybridized carbons (Fsp3) is 0.909. The molecule has 0 bridgehead atoms. The van der Waals surface area contributed by atoms with Crippen LogP contribution in [0.4, 0.5) is 0 Å². The summed E-state index contributed by atoms with van der Waals surface area (Å²) in [5, 5.41) is 2.82. The highest BCUT2D eigenvalue weighted by atomic mass is 16.5. The van der Waals surface area contributed by atoms with Crippen LogP contribution in [0.15, 0.2) is 0 Å². The molecule has 1 amide bonds. The number of carbonyl (C=O) groups excluding carboxylic acids is 1. The summed E-state index contributed by atoms with van der Waals surface area (Å²) >= 11 is 0. The molecule has 0 radical (unpaired) electrons. The number of hydrogen-bond donors (Lipinski definition) is 2. The second-order valence-electron chi connectivity index (χ2n) is 4.69. The molecule has 0 unspecified atom stereocenters. The fourth-order valence-corrected chi connectivity index (χ4v) is 1.98. The van der Waals surface area contributed by atoms with Gasteiger partial charge in [0.2, 0.25) is 5.91 Å². The van der Waals surface area contributed by atoms with Crippen molar-refractivity contribution in [3.05, 3.63) is 0 Å². The van der Waals surface area contributed by atoms with Gasteiger partial charge < -0.3 is 15.8 Å². The lowest BCUT2D eigenvalue weighted by molar-refractivity contribution is -0.123. The van der Waals surface area contributed by atoms with Crippen LogP contribution < -0.4 is 11.1 Å². The summed E-state index contributed by atoms with van der Waals surface area (Å²) < 4.78 is 5.63. The number of nitrogens with one attached hydrogen (secondary N) is 1. The van der Waals surface area contributed by atoms with E-state index in [2.05, 4.69) is 5.32 Å². The number of hydrogen-bond acceptors (Lipinski definition) is 3. The molecule has 15 heavy (non-hydrogen) atoms. The largest absolute Gasteiger partial charge is 0.376 e. The van der Waals surface area contributed by atoms with Gasteiger partial charge in [-0.15, -0.1) is 0 Å². The van der Waals surface area contributed by atoms with Crippen LogP contribution in [0.1, 0.15) is 38.5 Å². The van der Waals surface area contributed by atoms with Gasteiger partial charge in [0.1, 0.15) is 0 Å². The number of ether oxygens (including phenoxy) is 1. The zero-order valence-electron chi connectivity index (χ0n) is 9.13. The zero-order valence-corrected chi connectivity index (χ0v) is 9.13. The molecule has 2 aliphatic carbocycles. The molecule has 2 fully saturated rings. The number of carbonyl (C=O) groups is 1. The Bertz CT molecular complexity index is 233. The molecule has 0 saturated heterocycles. The highest BCUT2D eigenvalue weighted by Crippen LogP contribution is 2.31. The summed E-state index contributed by atoms with van der Waals surface area (Å²) in [7, 11) is 0. The average Bonchev–Trinajstić information content (AvgIpc) is 2.80. The fourth-order valence-electron chi connectivity index (χ4n) is 1.98. The van der Waals surface area contributed by atoms with E-state index in [1.165, 1.54) is 25.7 Å². The van der Waals surface area contributed by atoms with Crippen LogP contribution in [-0.4, -0.2) is 30.7 Å². The van der Waals surface area contributed by atoms with Crippen molar-refractivity contribution in [1.82, 2.24) is 5.32 Å². The lowest BCUT2D eigenvalue weighted by Crippen LogP contribution is -2.43. The van der Waals surface area contributed by atoms with Crippen LogP contribution in [0.5, 0.6) is 0 Å². The Kier molecular flexibility index (Phi) is 3.26. The third-order valence-corrected chi connectivity index (χ3v) is 3.28. The van der Waals surface area contributed by atoms with Gasteiger partial charge in [0.25, 0.3) is 0 Å². The topological polar surface area (TPSA) is 64.4 Å². The van der Waals surface area contributed by atoms with Crippen LogP contribution in [0.25, 0.3) is 0 Å². The average molecular weight is 212 g/mol. The van der Waals surface area contributed by atoms with E-state index < -0.39 is 5.54 Å². The maximum absolute atomic E-state index is 11.4. The summed E-state index contributed by atoms with van der Waals surface area (Å²) in [6, 6.07) is 0. The van der Waals surface area contributed by atoms with Gasteiger partial charge in [0, 0.05) is 6.54 Å². The van der Waals surface area contributed by atoms with Gasteiger partial charge >= 0.3 is 0 Å². The predicted molar refractivity (Wildman–Crippen MR) is 57.4 cm³/mol. The van der Waals surface area contributed by atoms with Gasteiger partial charge in [-0.1, -0.05) is 12.8 Å². The van der Waals surface area contributed by atoms with Gasteiger partial charge in [-0.05, 0) is 25.7 Å². The molecule has 3 N–H and O–H groups in total. The normalized spacial score (nSPS) is 24.1. The lowest BCUT2D eigenvalue weighted by Gasteiger charge is -2.13. The van der Waals surface area contributed by atoms with E-state index in [1.807, 2.05) is 0 Å². The molecule has 0 atom stereocenters. The first-order valence-electron chi connectivity index (χ1n) is 5.89. The van der Waals surface area contributed by atoms with Crippen molar-refractivity contribution in [3.8, 4) is 0 Å². The summed E-state index contributed by atoms with van der Waals surface area (Å²) in [6.45, 7) is 1.21. The Labute approximate surface area is 90.5 Å². The molecule has 0 aromatic rings. The van der Waals surface area contributed by atoms with Gasteiger partial charge in [-0.2, -0.15) is 0 Å². The van der Waals surface area contributed by atoms with Crippen molar-refractivity contribution in [3.63, 3.8) is 0 Å². The first kappa shape index (κ1) is 10.9. The van der Waals surface area contributed by atoms with Gasteiger partial charge in [-0.3, -0.25) is 4.79 Å². The zero-order chi connectivity index (χ0) is 10.7. The first-order chi connectivity index (χ1) is 7.21. The Hall–Kier alpha value is -0.610. The molecule has 0 aromatic heterocycles. The molecular formula is C11H20N2O2. The number of nitrogens with two attached hydrogens (primary N) is 1. The Morgan fingerprint density at radius 3 is 2.67 bits per heavy atom. The van der Waals surface area contributed by atoms with Crippen molar-refractivity contribution in [2.75, 3.05) is 13.2 Å². The van der Waals surface area contributed by atoms with Crippen molar-refractivity contribution in [2.45, 2.75) is 50.2 Å². The minimum atomic E-state index is -0.548. The highest BCUT2D eigenvalue weighted by Gasteiger charge is 2.45. The monoisotopic (exact) mass is 212 g/mol. The smallest absolute Gasteiger partial charge is 0.240 e. The third-order valence-electron chi connectivity index (χ3n) is 3.28. The van der Waals surface area contributed by atoms with Gasteiger partial charge in [-0.25, -0.2) is 0 Å². The van der Waals surface area contributed by atoms with E-state index in [9.17, 15) is 4.79 Å². The molecule has 2 rings (SSSR count).